The predicted molar refractivity (Wildman–Crippen MR) is 516 cm³/mol. The number of aromatic nitrogens is 6. The van der Waals surface area contributed by atoms with Gasteiger partial charge in [-0.2, -0.15) is 0 Å². The number of nitrogens with zero attached hydrogens (tertiary/aromatic N) is 6. The van der Waals surface area contributed by atoms with Gasteiger partial charge in [0, 0.05) is 77.0 Å². The van der Waals surface area contributed by atoms with Gasteiger partial charge in [-0.3, -0.25) is 4.98 Å². The van der Waals surface area contributed by atoms with E-state index in [0.29, 0.717) is 88.7 Å². The lowest BCUT2D eigenvalue weighted by Crippen LogP contribution is -2.31. The maximum Gasteiger partial charge on any atom is 0.220 e. The average Bonchev–Trinajstić information content (AvgIpc) is 1.19. The second-order valence-corrected chi connectivity index (χ2v) is 37.6. The molecule has 6 nitrogen and oxygen atoms in total. The highest BCUT2D eigenvalue weighted by atomic mass is 15.0. The van der Waals surface area contributed by atoms with E-state index in [4.69, 9.17) is 8.22 Å². The van der Waals surface area contributed by atoms with E-state index < -0.39 is 13.2 Å². The van der Waals surface area contributed by atoms with Crippen molar-refractivity contribution in [1.29, 1.82) is 0 Å². The Balaban J connectivity index is 0.000000153. The quantitative estimate of drug-likeness (QED) is 0.0743. The minimum atomic E-state index is -2.32. The summed E-state index contributed by atoms with van der Waals surface area (Å²) in [5.74, 6) is 6.91. The van der Waals surface area contributed by atoms with Crippen LogP contribution in [0.1, 0.15) is 231 Å². The topological polar surface area (TPSA) is 33.3 Å². The van der Waals surface area contributed by atoms with Gasteiger partial charge in [-0.25, -0.2) is 18.3 Å². The third-order valence-electron chi connectivity index (χ3n) is 26.0. The predicted octanol–water partition coefficient (Wildman–Crippen LogP) is 29.1. The normalized spacial score (nSPS) is 13.0. The van der Waals surface area contributed by atoms with Gasteiger partial charge in [-0.05, 0) is 288 Å². The molecule has 6 heterocycles. The van der Waals surface area contributed by atoms with Crippen LogP contribution in [0.3, 0.4) is 0 Å². The lowest BCUT2D eigenvalue weighted by atomic mass is 9.79. The van der Waals surface area contributed by atoms with Gasteiger partial charge in [-0.1, -0.05) is 221 Å². The van der Waals surface area contributed by atoms with Crippen molar-refractivity contribution in [3.05, 3.63) is 292 Å². The molecule has 0 saturated heterocycles. The van der Waals surface area contributed by atoms with E-state index in [2.05, 4.69) is 373 Å². The number of hydrogen-bond donors (Lipinski definition) is 0. The van der Waals surface area contributed by atoms with Crippen molar-refractivity contribution in [2.75, 3.05) is 0 Å². The molecular formula is C114H140N6+4. The summed E-state index contributed by atoms with van der Waals surface area (Å²) in [6.45, 7) is 51.3. The molecule has 15 rings (SSSR count). The summed E-state index contributed by atoms with van der Waals surface area (Å²) in [6, 6.07) is 69.2. The molecule has 0 radical (unpaired) electrons. The molecule has 0 amide bonds. The van der Waals surface area contributed by atoms with Crippen molar-refractivity contribution in [1.82, 2.24) is 9.55 Å². The highest BCUT2D eigenvalue weighted by Crippen LogP contribution is 2.44. The van der Waals surface area contributed by atoms with Crippen molar-refractivity contribution in [2.24, 2.45) is 75.5 Å². The van der Waals surface area contributed by atoms with Crippen LogP contribution in [0, 0.1) is 88.8 Å². The van der Waals surface area contributed by atoms with Crippen LogP contribution in [0.4, 0.5) is 0 Å². The van der Waals surface area contributed by atoms with Crippen LogP contribution in [0.25, 0.3) is 121 Å². The van der Waals surface area contributed by atoms with Crippen LogP contribution in [0.15, 0.2) is 231 Å². The molecule has 0 bridgehead atoms. The number of aryl methyl sites for hydroxylation is 9. The van der Waals surface area contributed by atoms with E-state index in [9.17, 15) is 0 Å². The number of para-hydroxylation sites is 1. The lowest BCUT2D eigenvalue weighted by Gasteiger charge is -2.25. The Kier molecular flexibility index (Phi) is 25.3. The fourth-order valence-electron chi connectivity index (χ4n) is 20.6. The maximum atomic E-state index is 8.32. The largest absolute Gasteiger partial charge is 0.338 e. The molecule has 0 aliphatic rings. The Hall–Kier alpha value is -10.4. The van der Waals surface area contributed by atoms with Crippen molar-refractivity contribution >= 4 is 64.9 Å². The van der Waals surface area contributed by atoms with Crippen LogP contribution in [0.2, 0.25) is 0 Å². The monoisotopic (exact) mass is 1600 g/mol. The number of rotatable bonds is 19. The minimum Gasteiger partial charge on any atom is -0.338 e. The summed E-state index contributed by atoms with van der Waals surface area (Å²) in [6.07, 6.45) is 10.7. The number of pyridine rings is 5. The first-order chi connectivity index (χ1) is 59.4. The van der Waals surface area contributed by atoms with E-state index in [1.807, 2.05) is 55.3 Å². The second-order valence-electron chi connectivity index (χ2n) is 37.6. The third kappa shape index (κ3) is 18.4. The van der Waals surface area contributed by atoms with E-state index in [0.717, 1.165) is 38.7 Å². The zero-order chi connectivity index (χ0) is 91.9. The molecule has 6 heteroatoms. The van der Waals surface area contributed by atoms with Crippen LogP contribution in [-0.2, 0) is 34.6 Å². The lowest BCUT2D eigenvalue weighted by molar-refractivity contribution is -0.659. The summed E-state index contributed by atoms with van der Waals surface area (Å²) in [5, 5.41) is 12.6. The van der Waals surface area contributed by atoms with Crippen LogP contribution in [-0.4, -0.2) is 9.55 Å². The van der Waals surface area contributed by atoms with E-state index in [1.165, 1.54) is 145 Å². The van der Waals surface area contributed by atoms with Crippen LogP contribution < -0.4 is 18.3 Å². The van der Waals surface area contributed by atoms with Crippen molar-refractivity contribution in [2.45, 2.75) is 209 Å². The number of benzene rings is 9. The SMILES string of the molecule is Cc1cc2c3ccccc3n(C(C)C)c2cc1-c1c2ccc(C(C(C)C)C(C)C)cc2cc[n+]1C.Cc1ccc(-c2cccnc2)cc1-c1c2ccc(C(C(C)C)C(C)C)cc2cc[n+]1C.[2H]C([2H])([2H])c1cc(-c2c3ccc(C(C(C)C)C(C)C)cc3cc[n+]2C)c(C)c(C([2H])([2H])C)c1.[2H]c1cc(C)c(C)c(-c2c3ccc(C(C(C)C)C(C)C)cc3cc[n+]2C)c1. The molecule has 0 aliphatic carbocycles. The Morgan fingerprint density at radius 1 is 0.350 bits per heavy atom. The first-order valence-electron chi connectivity index (χ1n) is 47.4. The first kappa shape index (κ1) is 80.6. The molecule has 0 N–H and O–H groups in total. The molecule has 0 unspecified atom stereocenters. The molecule has 0 atom stereocenters. The molecule has 0 aliphatic heterocycles. The fourth-order valence-corrected chi connectivity index (χ4v) is 20.6. The van der Waals surface area contributed by atoms with Gasteiger partial charge in [0.05, 0.1) is 45.1 Å². The van der Waals surface area contributed by atoms with Gasteiger partial charge in [0.25, 0.3) is 0 Å². The second kappa shape index (κ2) is 37.7. The first-order valence-corrected chi connectivity index (χ1v) is 44.4. The Morgan fingerprint density at radius 3 is 1.17 bits per heavy atom. The fraction of sp³-hybridized carbons (Fsp3) is 0.377. The molecular weight excluding hydrogens is 1450 g/mol. The minimum absolute atomic E-state index is 0.164. The van der Waals surface area contributed by atoms with E-state index in [-0.39, 0.29) is 5.56 Å². The molecule has 622 valence electrons. The molecule has 0 spiro atoms. The molecule has 120 heavy (non-hydrogen) atoms. The Labute approximate surface area is 729 Å². The van der Waals surface area contributed by atoms with Gasteiger partial charge in [0.15, 0.2) is 24.8 Å². The Bertz CT molecular complexity index is 6440. The average molecular weight is 1600 g/mol. The van der Waals surface area contributed by atoms with Gasteiger partial charge >= 0.3 is 0 Å². The zero-order valence-corrected chi connectivity index (χ0v) is 77.6. The van der Waals surface area contributed by atoms with Crippen molar-refractivity contribution in [3.8, 4) is 56.2 Å². The highest BCUT2D eigenvalue weighted by Gasteiger charge is 2.30. The smallest absolute Gasteiger partial charge is 0.220 e. The molecule has 0 saturated carbocycles. The third-order valence-corrected chi connectivity index (χ3v) is 26.0. The van der Waals surface area contributed by atoms with Gasteiger partial charge in [-0.15, -0.1) is 0 Å². The van der Waals surface area contributed by atoms with Gasteiger partial charge in [0.1, 0.15) is 28.2 Å². The zero-order valence-electron chi connectivity index (χ0n) is 83.6. The standard InChI is InChI=1S/C33H39N2.C29H33N2.C27H36N.C25H32N/c1-20(2)32(21(3)4)25-13-14-26-24(18-25)15-16-34(8)33(26)28-19-31-29(17-23(28)7)27-11-9-10-12-30(27)35(31)22(5)6;1-19(2)28(20(3)4)24-11-12-26-23(16-24)13-15-31(6)29(26)27-17-22(10-9-21(27)5)25-8-7-14-30-18-25;1-9-21-14-19(6)15-25(20(21)7)27-24-11-10-23(26(17(2)3)18(4)5)16-22(24)12-13-28(27)8;1-16(2)24(17(3)4)21-11-12-23-20(15-21)13-14-26(7)25(23)22-10-8-9-18(5)19(22)6/h9-22,32H,1-8H3;7-20,28H,1-6H3;10-18,26H,9H2,1-8H3;8-17,24H,1-7H3/q4*+1/i;;6D3,9D2;8D. The van der Waals surface area contributed by atoms with Gasteiger partial charge < -0.3 is 4.57 Å². The van der Waals surface area contributed by atoms with Crippen molar-refractivity contribution in [3.63, 3.8) is 0 Å². The molecule has 0 fully saturated rings. The summed E-state index contributed by atoms with van der Waals surface area (Å²) in [4.78, 5) is 4.30. The van der Waals surface area contributed by atoms with Crippen LogP contribution >= 0.6 is 0 Å². The summed E-state index contributed by atoms with van der Waals surface area (Å²) >= 11 is 0. The van der Waals surface area contributed by atoms with E-state index >= 15 is 0 Å². The molecule has 6 aromatic heterocycles. The Morgan fingerprint density at radius 2 is 0.767 bits per heavy atom. The maximum absolute atomic E-state index is 8.32. The number of hydrogen-bond acceptors (Lipinski definition) is 1. The highest BCUT2D eigenvalue weighted by molar-refractivity contribution is 6.10. The van der Waals surface area contributed by atoms with Crippen LogP contribution in [0.5, 0.6) is 0 Å². The molecule has 15 aromatic rings. The summed E-state index contributed by atoms with van der Waals surface area (Å²) < 4.78 is 60.0. The molecule has 9 aromatic carbocycles. The summed E-state index contributed by atoms with van der Waals surface area (Å²) in [7, 11) is 8.37. The summed E-state index contributed by atoms with van der Waals surface area (Å²) in [5.41, 5.74) is 26.1. The van der Waals surface area contributed by atoms with Crippen molar-refractivity contribution < 1.29 is 26.5 Å². The van der Waals surface area contributed by atoms with E-state index in [1.54, 1.807) is 6.07 Å². The van der Waals surface area contributed by atoms with Gasteiger partial charge in [0.2, 0.25) is 22.8 Å². The number of fused-ring (bicyclic) bond motifs is 7.